The van der Waals surface area contributed by atoms with Gasteiger partial charge in [-0.25, -0.2) is 9.78 Å². The molecule has 9 nitrogen and oxygen atoms in total. The van der Waals surface area contributed by atoms with Crippen molar-refractivity contribution in [3.63, 3.8) is 0 Å². The maximum Gasteiger partial charge on any atom is 0.330 e. The van der Waals surface area contributed by atoms with E-state index in [2.05, 4.69) is 9.97 Å². The number of imidazole rings is 1. The van der Waals surface area contributed by atoms with E-state index < -0.39 is 11.2 Å². The van der Waals surface area contributed by atoms with E-state index in [4.69, 9.17) is 5.73 Å². The number of nitrogens with zero attached hydrogens (tertiary/aromatic N) is 4. The number of nitrogens with two attached hydrogens (primary N) is 1. The molecule has 0 spiro atoms. The number of rotatable bonds is 8. The Hall–Kier alpha value is -3.27. The summed E-state index contributed by atoms with van der Waals surface area (Å²) in [7, 11) is 0. The number of benzene rings is 1. The van der Waals surface area contributed by atoms with Gasteiger partial charge < -0.3 is 15.2 Å². The minimum atomic E-state index is -0.683. The summed E-state index contributed by atoms with van der Waals surface area (Å²) in [5.41, 5.74) is 5.74. The van der Waals surface area contributed by atoms with Crippen LogP contribution >= 0.6 is 11.8 Å². The van der Waals surface area contributed by atoms with Crippen molar-refractivity contribution in [3.05, 3.63) is 69.1 Å². The van der Waals surface area contributed by atoms with Gasteiger partial charge in [0.15, 0.2) is 10.8 Å². The Morgan fingerprint density at radius 3 is 2.63 bits per heavy atom. The van der Waals surface area contributed by atoms with Crippen LogP contribution in [-0.2, 0) is 17.9 Å². The Balaban J connectivity index is 1.90. The number of hydrogen-bond donors (Lipinski definition) is 2. The second-order valence-electron chi connectivity index (χ2n) is 6.49. The molecule has 3 aromatic rings. The Kier molecular flexibility index (Phi) is 6.78. The summed E-state index contributed by atoms with van der Waals surface area (Å²) in [5.74, 6) is -0.250. The van der Waals surface area contributed by atoms with Crippen LogP contribution in [0.3, 0.4) is 0 Å². The van der Waals surface area contributed by atoms with Crippen molar-refractivity contribution < 1.29 is 4.79 Å². The monoisotopic (exact) mass is 428 g/mol. The molecule has 0 radical (unpaired) electrons. The molecule has 158 valence electrons. The molecule has 0 bridgehead atoms. The van der Waals surface area contributed by atoms with E-state index >= 15 is 0 Å². The first kappa shape index (κ1) is 21.4. The summed E-state index contributed by atoms with van der Waals surface area (Å²) in [6.45, 7) is 4.90. The number of aromatic amines is 1. The van der Waals surface area contributed by atoms with Crippen LogP contribution < -0.4 is 21.9 Å². The van der Waals surface area contributed by atoms with Crippen LogP contribution in [0.4, 0.5) is 11.5 Å². The number of anilines is 2. The highest BCUT2D eigenvalue weighted by atomic mass is 32.2. The molecule has 0 aliphatic carbocycles. The fraction of sp³-hybridized carbons (Fsp3) is 0.300. The lowest BCUT2D eigenvalue weighted by molar-refractivity contribution is -0.116. The topological polar surface area (TPSA) is 119 Å². The maximum absolute atomic E-state index is 12.9. The normalized spacial score (nSPS) is 10.9. The van der Waals surface area contributed by atoms with Crippen molar-refractivity contribution in [3.8, 4) is 0 Å². The second-order valence-corrected chi connectivity index (χ2v) is 7.43. The van der Waals surface area contributed by atoms with Crippen LogP contribution in [0.1, 0.15) is 19.4 Å². The number of carbonyl (C=O) groups is 1. The molecule has 0 fully saturated rings. The number of carbonyl (C=O) groups excluding carboxylic acids is 1. The van der Waals surface area contributed by atoms with Crippen molar-refractivity contribution in [2.45, 2.75) is 32.1 Å². The van der Waals surface area contributed by atoms with Crippen molar-refractivity contribution in [2.24, 2.45) is 0 Å². The molecule has 0 aliphatic rings. The molecular weight excluding hydrogens is 404 g/mol. The number of aryl methyl sites for hydroxylation is 1. The highest BCUT2D eigenvalue weighted by molar-refractivity contribution is 7.99. The molecule has 0 saturated heterocycles. The maximum atomic E-state index is 12.9. The van der Waals surface area contributed by atoms with Crippen molar-refractivity contribution in [1.82, 2.24) is 19.1 Å². The molecule has 0 atom stereocenters. The first-order valence-electron chi connectivity index (χ1n) is 9.57. The molecule has 0 aliphatic heterocycles. The molecule has 30 heavy (non-hydrogen) atoms. The van der Waals surface area contributed by atoms with Crippen LogP contribution in [0.25, 0.3) is 0 Å². The van der Waals surface area contributed by atoms with Gasteiger partial charge in [-0.1, -0.05) is 42.1 Å². The number of H-pyrrole nitrogens is 1. The summed E-state index contributed by atoms with van der Waals surface area (Å²) < 4.78 is 3.19. The number of nitrogen functional groups attached to an aromatic ring is 1. The number of hydrogen-bond acceptors (Lipinski definition) is 6. The van der Waals surface area contributed by atoms with Crippen LogP contribution in [0, 0.1) is 0 Å². The van der Waals surface area contributed by atoms with Crippen LogP contribution in [0.2, 0.25) is 0 Å². The average molecular weight is 429 g/mol. The molecule has 10 heteroatoms. The first-order valence-corrected chi connectivity index (χ1v) is 10.6. The van der Waals surface area contributed by atoms with Crippen molar-refractivity contribution >= 4 is 29.2 Å². The highest BCUT2D eigenvalue weighted by Gasteiger charge is 2.23. The number of aromatic nitrogens is 4. The molecule has 0 saturated carbocycles. The zero-order valence-electron chi connectivity index (χ0n) is 16.9. The van der Waals surface area contributed by atoms with Gasteiger partial charge in [0.05, 0.1) is 12.3 Å². The van der Waals surface area contributed by atoms with Crippen LogP contribution in [-0.4, -0.2) is 37.3 Å². The van der Waals surface area contributed by atoms with Gasteiger partial charge in [0.2, 0.25) is 5.91 Å². The first-order chi connectivity index (χ1) is 14.5. The van der Waals surface area contributed by atoms with Gasteiger partial charge in [0.1, 0.15) is 5.82 Å². The summed E-state index contributed by atoms with van der Waals surface area (Å²) >= 11 is 1.29. The summed E-state index contributed by atoms with van der Waals surface area (Å²) in [6, 6.07) is 9.27. The summed E-state index contributed by atoms with van der Waals surface area (Å²) in [6.07, 6.45) is 3.52. The molecular formula is C20H24N6O3S. The predicted octanol–water partition coefficient (Wildman–Crippen LogP) is 1.53. The van der Waals surface area contributed by atoms with E-state index in [0.717, 1.165) is 17.3 Å². The fourth-order valence-corrected chi connectivity index (χ4v) is 4.00. The minimum absolute atomic E-state index is 0.0162. The Bertz CT molecular complexity index is 1140. The van der Waals surface area contributed by atoms with Crippen molar-refractivity contribution in [1.29, 1.82) is 0 Å². The zero-order valence-corrected chi connectivity index (χ0v) is 17.7. The Morgan fingerprint density at radius 1 is 1.23 bits per heavy atom. The fourth-order valence-electron chi connectivity index (χ4n) is 3.10. The van der Waals surface area contributed by atoms with Crippen LogP contribution in [0.5, 0.6) is 0 Å². The quantitative estimate of drug-likeness (QED) is 0.525. The van der Waals surface area contributed by atoms with E-state index in [1.807, 2.05) is 48.0 Å². The van der Waals surface area contributed by atoms with E-state index in [1.165, 1.54) is 21.2 Å². The van der Waals surface area contributed by atoms with Gasteiger partial charge in [-0.15, -0.1) is 0 Å². The molecule has 1 amide bonds. The third-order valence-corrected chi connectivity index (χ3v) is 5.62. The zero-order chi connectivity index (χ0) is 21.7. The van der Waals surface area contributed by atoms with Gasteiger partial charge in [0.25, 0.3) is 5.56 Å². The Labute approximate surface area is 177 Å². The van der Waals surface area contributed by atoms with Gasteiger partial charge >= 0.3 is 5.69 Å². The Morgan fingerprint density at radius 2 is 1.97 bits per heavy atom. The molecule has 3 rings (SSSR count). The molecule has 2 heterocycles. The smallest absolute Gasteiger partial charge is 0.330 e. The van der Waals surface area contributed by atoms with E-state index in [1.54, 1.807) is 13.1 Å². The lowest BCUT2D eigenvalue weighted by Crippen LogP contribution is -2.41. The third kappa shape index (κ3) is 4.48. The molecule has 1 aromatic carbocycles. The molecule has 3 N–H and O–H groups in total. The van der Waals surface area contributed by atoms with Gasteiger partial charge in [-0.05, 0) is 19.4 Å². The van der Waals surface area contributed by atoms with Crippen molar-refractivity contribution in [2.75, 3.05) is 22.9 Å². The number of nitrogens with one attached hydrogen (secondary N) is 1. The largest absolute Gasteiger partial charge is 0.383 e. The second kappa shape index (κ2) is 9.49. The highest BCUT2D eigenvalue weighted by Crippen LogP contribution is 2.21. The van der Waals surface area contributed by atoms with E-state index in [-0.39, 0.29) is 36.3 Å². The van der Waals surface area contributed by atoms with Gasteiger partial charge in [-0.2, -0.15) is 0 Å². The lowest BCUT2D eigenvalue weighted by atomic mass is 10.2. The SMILES string of the molecule is CCN(C(=O)CSc1nccn1CC)c1c(N)n(Cc2ccccc2)c(=O)[nH]c1=O. The van der Waals surface area contributed by atoms with Crippen LogP contribution in [0.15, 0.2) is 57.5 Å². The number of amides is 1. The minimum Gasteiger partial charge on any atom is -0.383 e. The number of thioether (sulfide) groups is 1. The van der Waals surface area contributed by atoms with Gasteiger partial charge in [-0.3, -0.25) is 19.1 Å². The molecule has 2 aromatic heterocycles. The summed E-state index contributed by atoms with van der Waals surface area (Å²) in [5, 5.41) is 0.720. The predicted molar refractivity (Wildman–Crippen MR) is 118 cm³/mol. The lowest BCUT2D eigenvalue weighted by Gasteiger charge is -2.23. The summed E-state index contributed by atoms with van der Waals surface area (Å²) in [4.78, 5) is 45.6. The van der Waals surface area contributed by atoms with E-state index in [9.17, 15) is 14.4 Å². The van der Waals surface area contributed by atoms with Gasteiger partial charge in [0, 0.05) is 25.5 Å². The third-order valence-electron chi connectivity index (χ3n) is 4.63. The molecule has 0 unspecified atom stereocenters. The van der Waals surface area contributed by atoms with E-state index in [0.29, 0.717) is 0 Å². The standard InChI is InChI=1S/C20H24N6O3S/c1-3-24-11-10-22-20(24)30-13-15(27)25(4-2)16-17(21)26(19(29)23-18(16)28)12-14-8-6-5-7-9-14/h5-11H,3-4,12-13,21H2,1-2H3,(H,23,28,29). The average Bonchev–Trinajstić information content (AvgIpc) is 3.20.